The summed E-state index contributed by atoms with van der Waals surface area (Å²) in [5.41, 5.74) is 6.64. The number of nitrogens with two attached hydrogens (primary N) is 1. The van der Waals surface area contributed by atoms with Gasteiger partial charge < -0.3 is 16.4 Å². The maximum Gasteiger partial charge on any atom is 0.251 e. The van der Waals surface area contributed by atoms with Gasteiger partial charge in [0.2, 0.25) is 5.91 Å². The molecular weight excluding hydrogens is 254 g/mol. The van der Waals surface area contributed by atoms with Gasteiger partial charge in [0, 0.05) is 18.7 Å². The standard InChI is InChI=1S/C12H17N3O2.ClH/c1-2-14-12(17)10-5-3-4-9(6-10)8-15-11(16)7-13;/h3-6H,2,7-8,13H2,1H3,(H,14,17)(H,15,16);1H. The first-order chi connectivity index (χ1) is 8.17. The summed E-state index contributed by atoms with van der Waals surface area (Å²) >= 11 is 0. The zero-order valence-electron chi connectivity index (χ0n) is 10.2. The molecule has 5 nitrogen and oxygen atoms in total. The van der Waals surface area contributed by atoms with E-state index in [1.54, 1.807) is 18.2 Å². The van der Waals surface area contributed by atoms with Crippen molar-refractivity contribution < 1.29 is 9.59 Å². The van der Waals surface area contributed by atoms with Crippen LogP contribution in [0, 0.1) is 0 Å². The highest BCUT2D eigenvalue weighted by Crippen LogP contribution is 2.05. The van der Waals surface area contributed by atoms with E-state index in [4.69, 9.17) is 5.73 Å². The summed E-state index contributed by atoms with van der Waals surface area (Å²) in [6, 6.07) is 7.12. The van der Waals surface area contributed by atoms with Gasteiger partial charge in [-0.05, 0) is 24.6 Å². The predicted octanol–water partition coefficient (Wildman–Crippen LogP) is 0.433. The van der Waals surface area contributed by atoms with Crippen LogP contribution < -0.4 is 16.4 Å². The molecule has 4 N–H and O–H groups in total. The molecule has 0 unspecified atom stereocenters. The highest BCUT2D eigenvalue weighted by atomic mass is 35.5. The molecule has 0 spiro atoms. The van der Waals surface area contributed by atoms with Gasteiger partial charge in [-0.25, -0.2) is 0 Å². The summed E-state index contributed by atoms with van der Waals surface area (Å²) in [5, 5.41) is 5.37. The second-order valence-electron chi connectivity index (χ2n) is 3.54. The Labute approximate surface area is 113 Å². The van der Waals surface area contributed by atoms with Gasteiger partial charge in [0.25, 0.3) is 5.91 Å². The minimum absolute atomic E-state index is 0. The average molecular weight is 272 g/mol. The Hall–Kier alpha value is -1.59. The van der Waals surface area contributed by atoms with Gasteiger partial charge in [0.05, 0.1) is 6.54 Å². The minimum Gasteiger partial charge on any atom is -0.352 e. The lowest BCUT2D eigenvalue weighted by atomic mass is 10.1. The van der Waals surface area contributed by atoms with Crippen LogP contribution in [0.4, 0.5) is 0 Å². The van der Waals surface area contributed by atoms with Crippen LogP contribution in [0.5, 0.6) is 0 Å². The number of carbonyl (C=O) groups excluding carboxylic acids is 2. The zero-order valence-corrected chi connectivity index (χ0v) is 11.0. The summed E-state index contributed by atoms with van der Waals surface area (Å²) in [4.78, 5) is 22.6. The number of nitrogens with one attached hydrogen (secondary N) is 2. The van der Waals surface area contributed by atoms with Crippen molar-refractivity contribution in [1.82, 2.24) is 10.6 Å². The second-order valence-corrected chi connectivity index (χ2v) is 3.54. The van der Waals surface area contributed by atoms with Crippen LogP contribution in [-0.4, -0.2) is 24.9 Å². The fourth-order valence-corrected chi connectivity index (χ4v) is 1.36. The molecule has 0 aliphatic rings. The Morgan fingerprint density at radius 3 is 2.61 bits per heavy atom. The fourth-order valence-electron chi connectivity index (χ4n) is 1.36. The summed E-state index contributed by atoms with van der Waals surface area (Å²) in [6.45, 7) is 2.80. The SMILES string of the molecule is CCNC(=O)c1cccc(CNC(=O)CN)c1.Cl. The Morgan fingerprint density at radius 2 is 2.00 bits per heavy atom. The van der Waals surface area contributed by atoms with Gasteiger partial charge in [-0.2, -0.15) is 0 Å². The first-order valence-electron chi connectivity index (χ1n) is 5.51. The Morgan fingerprint density at radius 1 is 1.28 bits per heavy atom. The highest BCUT2D eigenvalue weighted by Gasteiger charge is 2.05. The fraction of sp³-hybridized carbons (Fsp3) is 0.333. The second kappa shape index (κ2) is 8.49. The molecule has 0 radical (unpaired) electrons. The van der Waals surface area contributed by atoms with E-state index in [1.165, 1.54) is 0 Å². The highest BCUT2D eigenvalue weighted by molar-refractivity contribution is 5.94. The van der Waals surface area contributed by atoms with Gasteiger partial charge in [-0.15, -0.1) is 12.4 Å². The first kappa shape index (κ1) is 16.4. The molecule has 0 aliphatic carbocycles. The summed E-state index contributed by atoms with van der Waals surface area (Å²) in [7, 11) is 0. The number of amides is 2. The molecule has 0 saturated heterocycles. The number of carbonyl (C=O) groups is 2. The van der Waals surface area contributed by atoms with Crippen LogP contribution in [0.15, 0.2) is 24.3 Å². The van der Waals surface area contributed by atoms with Crippen LogP contribution in [0.25, 0.3) is 0 Å². The third-order valence-electron chi connectivity index (χ3n) is 2.20. The molecule has 1 aromatic carbocycles. The molecule has 1 rings (SSSR count). The molecule has 2 amide bonds. The quantitative estimate of drug-likeness (QED) is 0.726. The van der Waals surface area contributed by atoms with Crippen molar-refractivity contribution in [3.63, 3.8) is 0 Å². The average Bonchev–Trinajstić information content (AvgIpc) is 2.36. The number of halogens is 1. The number of rotatable bonds is 5. The summed E-state index contributed by atoms with van der Waals surface area (Å²) in [6.07, 6.45) is 0. The van der Waals surface area contributed by atoms with Crippen LogP contribution >= 0.6 is 12.4 Å². The Bertz CT molecular complexity index is 410. The van der Waals surface area contributed by atoms with Crippen LogP contribution in [0.1, 0.15) is 22.8 Å². The summed E-state index contributed by atoms with van der Waals surface area (Å²) < 4.78 is 0. The molecule has 1 aromatic rings. The number of hydrogen-bond acceptors (Lipinski definition) is 3. The summed E-state index contributed by atoms with van der Waals surface area (Å²) in [5.74, 6) is -0.326. The predicted molar refractivity (Wildman–Crippen MR) is 72.6 cm³/mol. The molecule has 0 aromatic heterocycles. The maximum absolute atomic E-state index is 11.6. The van der Waals surface area contributed by atoms with Crippen LogP contribution in [0.3, 0.4) is 0 Å². The van der Waals surface area contributed by atoms with Gasteiger partial charge in [0.1, 0.15) is 0 Å². The molecule has 18 heavy (non-hydrogen) atoms. The van der Waals surface area contributed by atoms with Gasteiger partial charge in [0.15, 0.2) is 0 Å². The molecule has 0 heterocycles. The van der Waals surface area contributed by atoms with E-state index in [2.05, 4.69) is 10.6 Å². The largest absolute Gasteiger partial charge is 0.352 e. The molecule has 0 fully saturated rings. The van der Waals surface area contributed by atoms with Crippen LogP contribution in [-0.2, 0) is 11.3 Å². The van der Waals surface area contributed by atoms with Crippen molar-refractivity contribution in [3.8, 4) is 0 Å². The van der Waals surface area contributed by atoms with E-state index >= 15 is 0 Å². The van der Waals surface area contributed by atoms with E-state index in [0.29, 0.717) is 18.7 Å². The Kier molecular flexibility index (Phi) is 7.74. The molecule has 100 valence electrons. The Balaban J connectivity index is 0.00000289. The van der Waals surface area contributed by atoms with Gasteiger partial charge >= 0.3 is 0 Å². The third kappa shape index (κ3) is 5.16. The van der Waals surface area contributed by atoms with E-state index in [-0.39, 0.29) is 30.8 Å². The van der Waals surface area contributed by atoms with Crippen molar-refractivity contribution >= 4 is 24.2 Å². The number of hydrogen-bond donors (Lipinski definition) is 3. The van der Waals surface area contributed by atoms with E-state index in [0.717, 1.165) is 5.56 Å². The lowest BCUT2D eigenvalue weighted by Gasteiger charge is -2.06. The zero-order chi connectivity index (χ0) is 12.7. The topological polar surface area (TPSA) is 84.2 Å². The van der Waals surface area contributed by atoms with E-state index < -0.39 is 0 Å². The van der Waals surface area contributed by atoms with E-state index in [9.17, 15) is 9.59 Å². The minimum atomic E-state index is -0.214. The molecule has 6 heteroatoms. The smallest absolute Gasteiger partial charge is 0.251 e. The van der Waals surface area contributed by atoms with Gasteiger partial charge in [-0.1, -0.05) is 12.1 Å². The normalized spacial score (nSPS) is 9.22. The van der Waals surface area contributed by atoms with Crippen molar-refractivity contribution in [1.29, 1.82) is 0 Å². The van der Waals surface area contributed by atoms with Gasteiger partial charge in [-0.3, -0.25) is 9.59 Å². The third-order valence-corrected chi connectivity index (χ3v) is 2.20. The van der Waals surface area contributed by atoms with Crippen molar-refractivity contribution in [2.45, 2.75) is 13.5 Å². The molecule has 0 bridgehead atoms. The van der Waals surface area contributed by atoms with E-state index in [1.807, 2.05) is 13.0 Å². The molecule has 0 atom stereocenters. The lowest BCUT2D eigenvalue weighted by molar-refractivity contribution is -0.119. The van der Waals surface area contributed by atoms with Crippen LogP contribution in [0.2, 0.25) is 0 Å². The lowest BCUT2D eigenvalue weighted by Crippen LogP contribution is -2.29. The van der Waals surface area contributed by atoms with Crippen molar-refractivity contribution in [3.05, 3.63) is 35.4 Å². The monoisotopic (exact) mass is 271 g/mol. The van der Waals surface area contributed by atoms with Crippen molar-refractivity contribution in [2.24, 2.45) is 5.73 Å². The van der Waals surface area contributed by atoms with Crippen molar-refractivity contribution in [2.75, 3.05) is 13.1 Å². The molecule has 0 aliphatic heterocycles. The first-order valence-corrected chi connectivity index (χ1v) is 5.51. The molecule has 0 saturated carbocycles. The maximum atomic E-state index is 11.6. The molecular formula is C12H18ClN3O2. The number of benzene rings is 1.